The number of nitrogens with one attached hydrogen (secondary N) is 2. The molecule has 1 heterocycles. The van der Waals surface area contributed by atoms with E-state index in [9.17, 15) is 4.79 Å². The van der Waals surface area contributed by atoms with Gasteiger partial charge in [0, 0.05) is 28.5 Å². The normalized spacial score (nSPS) is 10.3. The van der Waals surface area contributed by atoms with E-state index in [1.54, 1.807) is 11.9 Å². The van der Waals surface area contributed by atoms with Crippen LogP contribution in [0.5, 0.6) is 0 Å². The molecule has 1 aromatic heterocycles. The van der Waals surface area contributed by atoms with Crippen molar-refractivity contribution in [2.24, 2.45) is 0 Å². The second-order valence-corrected chi connectivity index (χ2v) is 6.55. The Kier molecular flexibility index (Phi) is 4.95. The molecule has 0 aliphatic carbocycles. The molecule has 2 N–H and O–H groups in total. The summed E-state index contributed by atoms with van der Waals surface area (Å²) in [6.45, 7) is 1.48. The SMILES string of the molecule is CC(=O)Nc1nc(-c2cccc(NSc3ccccc3)c2)cs1. The van der Waals surface area contributed by atoms with Crippen LogP contribution in [0.4, 0.5) is 10.8 Å². The van der Waals surface area contributed by atoms with Crippen molar-refractivity contribution >= 4 is 40.0 Å². The predicted octanol–water partition coefficient (Wildman–Crippen LogP) is 4.89. The highest BCUT2D eigenvalue weighted by atomic mass is 32.2. The summed E-state index contributed by atoms with van der Waals surface area (Å²) >= 11 is 2.99. The van der Waals surface area contributed by atoms with Gasteiger partial charge in [0.1, 0.15) is 0 Å². The molecule has 0 fully saturated rings. The van der Waals surface area contributed by atoms with Gasteiger partial charge >= 0.3 is 0 Å². The maximum Gasteiger partial charge on any atom is 0.223 e. The molecule has 3 aromatic rings. The van der Waals surface area contributed by atoms with Crippen molar-refractivity contribution in [3.8, 4) is 11.3 Å². The smallest absolute Gasteiger partial charge is 0.223 e. The molecule has 0 spiro atoms. The molecule has 3 rings (SSSR count). The monoisotopic (exact) mass is 341 g/mol. The topological polar surface area (TPSA) is 54.0 Å². The van der Waals surface area contributed by atoms with E-state index >= 15 is 0 Å². The van der Waals surface area contributed by atoms with Crippen LogP contribution in [-0.4, -0.2) is 10.9 Å². The maximum atomic E-state index is 11.1. The van der Waals surface area contributed by atoms with Gasteiger partial charge in [-0.05, 0) is 36.2 Å². The molecule has 0 atom stereocenters. The number of nitrogens with zero attached hydrogens (tertiary/aromatic N) is 1. The number of hydrogen-bond donors (Lipinski definition) is 2. The Balaban J connectivity index is 1.72. The first-order valence-electron chi connectivity index (χ1n) is 7.02. The third-order valence-electron chi connectivity index (χ3n) is 2.98. The van der Waals surface area contributed by atoms with E-state index in [1.807, 2.05) is 47.8 Å². The Morgan fingerprint density at radius 3 is 2.74 bits per heavy atom. The first-order valence-corrected chi connectivity index (χ1v) is 8.72. The van der Waals surface area contributed by atoms with Gasteiger partial charge in [-0.2, -0.15) is 0 Å². The molecule has 23 heavy (non-hydrogen) atoms. The summed E-state index contributed by atoms with van der Waals surface area (Å²) in [7, 11) is 0. The standard InChI is InChI=1S/C17H15N3OS2/c1-12(21)18-17-19-16(11-22-17)13-6-5-7-14(10-13)20-23-15-8-3-2-4-9-15/h2-11,20H,1H3,(H,18,19,21). The predicted molar refractivity (Wildman–Crippen MR) is 97.8 cm³/mol. The lowest BCUT2D eigenvalue weighted by Gasteiger charge is -2.06. The van der Waals surface area contributed by atoms with E-state index in [-0.39, 0.29) is 5.91 Å². The van der Waals surface area contributed by atoms with Crippen LogP contribution in [0.2, 0.25) is 0 Å². The van der Waals surface area contributed by atoms with Gasteiger partial charge in [-0.15, -0.1) is 11.3 Å². The number of rotatable bonds is 5. The van der Waals surface area contributed by atoms with Crippen molar-refractivity contribution in [3.63, 3.8) is 0 Å². The molecule has 0 saturated heterocycles. The summed E-state index contributed by atoms with van der Waals surface area (Å²) in [6, 6.07) is 18.2. The van der Waals surface area contributed by atoms with Crippen LogP contribution < -0.4 is 10.0 Å². The number of anilines is 2. The second-order valence-electron chi connectivity index (χ2n) is 4.82. The lowest BCUT2D eigenvalue weighted by atomic mass is 10.1. The molecule has 0 aliphatic heterocycles. The Labute approximate surface area is 143 Å². The lowest BCUT2D eigenvalue weighted by Crippen LogP contribution is -2.04. The van der Waals surface area contributed by atoms with E-state index in [0.29, 0.717) is 5.13 Å². The highest BCUT2D eigenvalue weighted by molar-refractivity contribution is 8.00. The van der Waals surface area contributed by atoms with E-state index in [2.05, 4.69) is 27.2 Å². The third-order valence-corrected chi connectivity index (χ3v) is 4.58. The van der Waals surface area contributed by atoms with Gasteiger partial charge in [-0.3, -0.25) is 4.79 Å². The van der Waals surface area contributed by atoms with Crippen LogP contribution >= 0.6 is 23.3 Å². The fourth-order valence-corrected chi connectivity index (χ4v) is 3.38. The highest BCUT2D eigenvalue weighted by Gasteiger charge is 2.06. The molecule has 6 heteroatoms. The quantitative estimate of drug-likeness (QED) is 0.649. The molecule has 116 valence electrons. The van der Waals surface area contributed by atoms with E-state index < -0.39 is 0 Å². The van der Waals surface area contributed by atoms with Gasteiger partial charge in [0.15, 0.2) is 5.13 Å². The number of thiazole rings is 1. The molecule has 0 radical (unpaired) electrons. The number of benzene rings is 2. The maximum absolute atomic E-state index is 11.1. The van der Waals surface area contributed by atoms with Crippen LogP contribution in [0, 0.1) is 0 Å². The van der Waals surface area contributed by atoms with Gasteiger partial charge < -0.3 is 10.0 Å². The summed E-state index contributed by atoms with van der Waals surface area (Å²) in [6.07, 6.45) is 0. The van der Waals surface area contributed by atoms with Crippen molar-refractivity contribution in [1.82, 2.24) is 4.98 Å². The van der Waals surface area contributed by atoms with E-state index in [1.165, 1.54) is 18.3 Å². The van der Waals surface area contributed by atoms with Crippen molar-refractivity contribution < 1.29 is 4.79 Å². The molecule has 1 amide bonds. The van der Waals surface area contributed by atoms with Crippen LogP contribution in [0.25, 0.3) is 11.3 Å². The van der Waals surface area contributed by atoms with Gasteiger partial charge in [-0.25, -0.2) is 4.98 Å². The van der Waals surface area contributed by atoms with Crippen molar-refractivity contribution in [3.05, 3.63) is 60.0 Å². The number of carbonyl (C=O) groups excluding carboxylic acids is 1. The molecule has 4 nitrogen and oxygen atoms in total. The van der Waals surface area contributed by atoms with E-state index in [4.69, 9.17) is 0 Å². The lowest BCUT2D eigenvalue weighted by molar-refractivity contribution is -0.114. The van der Waals surface area contributed by atoms with Gasteiger partial charge in [0.25, 0.3) is 0 Å². The zero-order valence-electron chi connectivity index (χ0n) is 12.4. The molecular weight excluding hydrogens is 326 g/mol. The first kappa shape index (κ1) is 15.6. The Bertz CT molecular complexity index is 802. The summed E-state index contributed by atoms with van der Waals surface area (Å²) < 4.78 is 3.33. The third kappa shape index (κ3) is 4.34. The number of amides is 1. The summed E-state index contributed by atoms with van der Waals surface area (Å²) in [5.41, 5.74) is 2.87. The average Bonchev–Trinajstić information content (AvgIpc) is 3.02. The zero-order chi connectivity index (χ0) is 16.1. The molecule has 0 saturated carbocycles. The molecule has 2 aromatic carbocycles. The van der Waals surface area contributed by atoms with Crippen molar-refractivity contribution in [1.29, 1.82) is 0 Å². The molecular formula is C17H15N3OS2. The van der Waals surface area contributed by atoms with Crippen LogP contribution in [0.3, 0.4) is 0 Å². The van der Waals surface area contributed by atoms with Crippen LogP contribution in [0.15, 0.2) is 64.9 Å². The summed E-state index contributed by atoms with van der Waals surface area (Å²) in [5, 5.41) is 5.26. The average molecular weight is 341 g/mol. The van der Waals surface area contributed by atoms with Crippen molar-refractivity contribution in [2.45, 2.75) is 11.8 Å². The molecule has 0 unspecified atom stereocenters. The van der Waals surface area contributed by atoms with Gasteiger partial charge in [0.05, 0.1) is 5.69 Å². The highest BCUT2D eigenvalue weighted by Crippen LogP contribution is 2.28. The number of hydrogen-bond acceptors (Lipinski definition) is 5. The summed E-state index contributed by atoms with van der Waals surface area (Å²) in [5.74, 6) is -0.111. The largest absolute Gasteiger partial charge is 0.326 e. The summed E-state index contributed by atoms with van der Waals surface area (Å²) in [4.78, 5) is 16.7. The minimum Gasteiger partial charge on any atom is -0.326 e. The minimum atomic E-state index is -0.111. The first-order chi connectivity index (χ1) is 11.2. The number of carbonyl (C=O) groups is 1. The van der Waals surface area contributed by atoms with Gasteiger partial charge in [0.2, 0.25) is 5.91 Å². The minimum absolute atomic E-state index is 0.111. The Morgan fingerprint density at radius 1 is 1.13 bits per heavy atom. The fourth-order valence-electron chi connectivity index (χ4n) is 1.96. The van der Waals surface area contributed by atoms with Crippen LogP contribution in [0.1, 0.15) is 6.92 Å². The number of aromatic nitrogens is 1. The molecule has 0 bridgehead atoms. The van der Waals surface area contributed by atoms with Gasteiger partial charge in [-0.1, -0.05) is 30.3 Å². The fraction of sp³-hybridized carbons (Fsp3) is 0.0588. The van der Waals surface area contributed by atoms with E-state index in [0.717, 1.165) is 21.8 Å². The molecule has 0 aliphatic rings. The second kappa shape index (κ2) is 7.30. The van der Waals surface area contributed by atoms with Crippen molar-refractivity contribution in [2.75, 3.05) is 10.0 Å². The Morgan fingerprint density at radius 2 is 1.96 bits per heavy atom. The van der Waals surface area contributed by atoms with Crippen LogP contribution in [-0.2, 0) is 4.79 Å². The zero-order valence-corrected chi connectivity index (χ0v) is 14.1. The Hall–Kier alpha value is -2.31.